The molecule has 2 heterocycles. The quantitative estimate of drug-likeness (QED) is 0.610. The zero-order chi connectivity index (χ0) is 17.6. The van der Waals surface area contributed by atoms with Crippen molar-refractivity contribution in [3.63, 3.8) is 0 Å². The smallest absolute Gasteiger partial charge is 0.417 e. The molecule has 8 heteroatoms. The number of fused-ring (bicyclic) bond motifs is 1. The number of pyridine rings is 1. The molecule has 2 aromatic heterocycles. The van der Waals surface area contributed by atoms with E-state index in [-0.39, 0.29) is 22.1 Å². The number of hydrogen-bond acceptors (Lipinski definition) is 2. The lowest BCUT2D eigenvalue weighted by molar-refractivity contribution is -0.137. The number of rotatable bonds is 1. The fourth-order valence-corrected chi connectivity index (χ4v) is 2.69. The molecule has 1 N–H and O–H groups in total. The molecule has 3 aromatic rings. The molecule has 0 saturated carbocycles. The van der Waals surface area contributed by atoms with Crippen LogP contribution in [0.4, 0.5) is 18.0 Å². The molecule has 0 amide bonds. The first kappa shape index (κ1) is 16.3. The minimum Gasteiger partial charge on any atom is -0.464 e. The van der Waals surface area contributed by atoms with Crippen molar-refractivity contribution in [2.75, 3.05) is 0 Å². The van der Waals surface area contributed by atoms with Crippen molar-refractivity contribution in [3.8, 4) is 11.3 Å². The van der Waals surface area contributed by atoms with Gasteiger partial charge in [0.1, 0.15) is 5.15 Å². The first-order valence-electron chi connectivity index (χ1n) is 6.78. The molecule has 0 aliphatic rings. The fourth-order valence-electron chi connectivity index (χ4n) is 2.56. The summed E-state index contributed by atoms with van der Waals surface area (Å²) in [7, 11) is 0. The van der Waals surface area contributed by atoms with Crippen LogP contribution in [-0.2, 0) is 6.18 Å². The zero-order valence-corrected chi connectivity index (χ0v) is 13.0. The standard InChI is InChI=1S/C16H10ClF3N2O2/c1-8-6-9-7-12(22(15(23)24)14(9)21-13(8)17)10-4-2-3-5-11(10)16(18,19)20/h2-7H,1H3,(H,23,24). The Morgan fingerprint density at radius 1 is 1.25 bits per heavy atom. The lowest BCUT2D eigenvalue weighted by Crippen LogP contribution is -2.13. The number of carboxylic acid groups (broad SMARTS) is 1. The van der Waals surface area contributed by atoms with E-state index in [1.807, 2.05) is 0 Å². The second-order valence-electron chi connectivity index (χ2n) is 5.20. The number of benzene rings is 1. The largest absolute Gasteiger partial charge is 0.464 e. The van der Waals surface area contributed by atoms with Gasteiger partial charge in [0.2, 0.25) is 0 Å². The van der Waals surface area contributed by atoms with Crippen LogP contribution in [0, 0.1) is 6.92 Å². The molecule has 0 fully saturated rings. The van der Waals surface area contributed by atoms with E-state index in [1.54, 1.807) is 13.0 Å². The van der Waals surface area contributed by atoms with E-state index in [0.717, 1.165) is 6.07 Å². The van der Waals surface area contributed by atoms with E-state index in [0.29, 0.717) is 15.5 Å². The van der Waals surface area contributed by atoms with Gasteiger partial charge in [0.15, 0.2) is 5.65 Å². The Kier molecular flexibility index (Phi) is 3.76. The minimum absolute atomic E-state index is 0.00919. The molecule has 0 radical (unpaired) electrons. The van der Waals surface area contributed by atoms with Crippen LogP contribution in [-0.4, -0.2) is 20.8 Å². The van der Waals surface area contributed by atoms with Gasteiger partial charge < -0.3 is 5.11 Å². The number of hydrogen-bond donors (Lipinski definition) is 1. The van der Waals surface area contributed by atoms with Crippen LogP contribution >= 0.6 is 11.6 Å². The van der Waals surface area contributed by atoms with E-state index in [1.165, 1.54) is 24.3 Å². The lowest BCUT2D eigenvalue weighted by atomic mass is 10.0. The molecule has 3 rings (SSSR count). The summed E-state index contributed by atoms with van der Waals surface area (Å²) in [6, 6.07) is 7.75. The number of carbonyl (C=O) groups is 1. The van der Waals surface area contributed by atoms with E-state index in [2.05, 4.69) is 4.98 Å². The summed E-state index contributed by atoms with van der Waals surface area (Å²) >= 11 is 5.93. The highest BCUT2D eigenvalue weighted by Gasteiger charge is 2.34. The van der Waals surface area contributed by atoms with Crippen molar-refractivity contribution in [1.29, 1.82) is 0 Å². The van der Waals surface area contributed by atoms with Crippen LogP contribution in [0.5, 0.6) is 0 Å². The molecule has 0 unspecified atom stereocenters. The molecule has 24 heavy (non-hydrogen) atoms. The molecular formula is C16H10ClF3N2O2. The normalized spacial score (nSPS) is 11.9. The number of nitrogens with zero attached hydrogens (tertiary/aromatic N) is 2. The first-order chi connectivity index (χ1) is 11.2. The number of aromatic nitrogens is 2. The van der Waals surface area contributed by atoms with E-state index < -0.39 is 17.8 Å². The highest BCUT2D eigenvalue weighted by atomic mass is 35.5. The Bertz CT molecular complexity index is 964. The van der Waals surface area contributed by atoms with Gasteiger partial charge in [-0.15, -0.1) is 0 Å². The summed E-state index contributed by atoms with van der Waals surface area (Å²) in [4.78, 5) is 15.6. The van der Waals surface area contributed by atoms with Crippen molar-refractivity contribution in [2.24, 2.45) is 0 Å². The maximum Gasteiger partial charge on any atom is 0.417 e. The van der Waals surface area contributed by atoms with Crippen LogP contribution < -0.4 is 0 Å². The molecule has 0 atom stereocenters. The predicted octanol–water partition coefficient (Wildman–Crippen LogP) is 5.21. The Morgan fingerprint density at radius 3 is 2.54 bits per heavy atom. The van der Waals surface area contributed by atoms with Gasteiger partial charge in [-0.2, -0.15) is 13.2 Å². The molecular weight excluding hydrogens is 345 g/mol. The molecule has 0 saturated heterocycles. The van der Waals surface area contributed by atoms with Crippen molar-refractivity contribution in [3.05, 3.63) is 52.7 Å². The van der Waals surface area contributed by atoms with Crippen LogP contribution in [0.1, 0.15) is 11.1 Å². The van der Waals surface area contributed by atoms with E-state index in [9.17, 15) is 23.1 Å². The topological polar surface area (TPSA) is 55.1 Å². The zero-order valence-electron chi connectivity index (χ0n) is 12.2. The molecule has 0 aliphatic heterocycles. The van der Waals surface area contributed by atoms with Gasteiger partial charge in [0.25, 0.3) is 0 Å². The van der Waals surface area contributed by atoms with Crippen LogP contribution in [0.3, 0.4) is 0 Å². The molecule has 0 bridgehead atoms. The summed E-state index contributed by atoms with van der Waals surface area (Å²) in [6.45, 7) is 1.68. The Morgan fingerprint density at radius 2 is 1.92 bits per heavy atom. The van der Waals surface area contributed by atoms with Crippen LogP contribution in [0.15, 0.2) is 36.4 Å². The van der Waals surface area contributed by atoms with Gasteiger partial charge in [0, 0.05) is 10.9 Å². The first-order valence-corrected chi connectivity index (χ1v) is 7.16. The van der Waals surface area contributed by atoms with Crippen molar-refractivity contribution in [1.82, 2.24) is 9.55 Å². The number of halogens is 4. The van der Waals surface area contributed by atoms with E-state index >= 15 is 0 Å². The number of aryl methyl sites for hydroxylation is 1. The molecule has 1 aromatic carbocycles. The van der Waals surface area contributed by atoms with Gasteiger partial charge in [0.05, 0.1) is 11.3 Å². The third kappa shape index (κ3) is 2.60. The van der Waals surface area contributed by atoms with Gasteiger partial charge >= 0.3 is 12.3 Å². The highest BCUT2D eigenvalue weighted by molar-refractivity contribution is 6.30. The third-order valence-electron chi connectivity index (χ3n) is 3.60. The molecule has 124 valence electrons. The van der Waals surface area contributed by atoms with Gasteiger partial charge in [-0.1, -0.05) is 29.8 Å². The number of alkyl halides is 3. The van der Waals surface area contributed by atoms with Crippen molar-refractivity contribution in [2.45, 2.75) is 13.1 Å². The monoisotopic (exact) mass is 354 g/mol. The second-order valence-corrected chi connectivity index (χ2v) is 5.56. The van der Waals surface area contributed by atoms with Gasteiger partial charge in [-0.3, -0.25) is 0 Å². The second kappa shape index (κ2) is 5.52. The fraction of sp³-hybridized carbons (Fsp3) is 0.125. The molecule has 0 aliphatic carbocycles. The van der Waals surface area contributed by atoms with Crippen LogP contribution in [0.25, 0.3) is 22.3 Å². The maximum atomic E-state index is 13.3. The lowest BCUT2D eigenvalue weighted by Gasteiger charge is -2.13. The average Bonchev–Trinajstić information content (AvgIpc) is 2.85. The minimum atomic E-state index is -4.61. The predicted molar refractivity (Wildman–Crippen MR) is 83.3 cm³/mol. The third-order valence-corrected chi connectivity index (χ3v) is 3.99. The maximum absolute atomic E-state index is 13.3. The summed E-state index contributed by atoms with van der Waals surface area (Å²) in [5.41, 5.74) is -0.677. The summed E-state index contributed by atoms with van der Waals surface area (Å²) < 4.78 is 40.5. The average molecular weight is 355 g/mol. The van der Waals surface area contributed by atoms with Gasteiger partial charge in [-0.05, 0) is 30.7 Å². The van der Waals surface area contributed by atoms with Crippen LogP contribution in [0.2, 0.25) is 5.15 Å². The molecule has 0 spiro atoms. The van der Waals surface area contributed by atoms with Gasteiger partial charge in [-0.25, -0.2) is 14.3 Å². The highest BCUT2D eigenvalue weighted by Crippen LogP contribution is 2.39. The summed E-state index contributed by atoms with van der Waals surface area (Å²) in [5.74, 6) is 0. The Labute approximate surface area is 139 Å². The Hall–Kier alpha value is -2.54. The van der Waals surface area contributed by atoms with E-state index in [4.69, 9.17) is 11.6 Å². The van der Waals surface area contributed by atoms with Crippen molar-refractivity contribution >= 4 is 28.7 Å². The SMILES string of the molecule is Cc1cc2cc(-c3ccccc3C(F)(F)F)n(C(=O)O)c2nc1Cl. The molecule has 4 nitrogen and oxygen atoms in total. The summed E-state index contributed by atoms with van der Waals surface area (Å²) in [5, 5.41) is 9.96. The Balaban J connectivity index is 2.40. The summed E-state index contributed by atoms with van der Waals surface area (Å²) in [6.07, 6.45) is -6.05. The van der Waals surface area contributed by atoms with Crippen molar-refractivity contribution < 1.29 is 23.1 Å².